The summed E-state index contributed by atoms with van der Waals surface area (Å²) in [6.07, 6.45) is 6.11. The van der Waals surface area contributed by atoms with E-state index < -0.39 is 24.3 Å². The minimum atomic E-state index is -0.937. The highest BCUT2D eigenvalue weighted by atomic mass is 16.7. The molecule has 2 saturated carbocycles. The molecule has 0 aliphatic heterocycles. The van der Waals surface area contributed by atoms with E-state index in [1.807, 2.05) is 13.8 Å². The number of ether oxygens (including phenoxy) is 2. The monoisotopic (exact) mass is 383 g/mol. The Labute approximate surface area is 161 Å². The van der Waals surface area contributed by atoms with Gasteiger partial charge >= 0.3 is 17.9 Å². The summed E-state index contributed by atoms with van der Waals surface area (Å²) in [5, 5.41) is 9.07. The van der Waals surface area contributed by atoms with Crippen molar-refractivity contribution in [3.8, 4) is 0 Å². The standard InChI is InChI=1S/C20H33NO6/c1-12(2)20(26-18(24)15-6-4-3-5-7-15)27-19(25)16(21)13-8-10-14(11-9-13)17(22)23/h12-16,20H,3-11,21H2,1-2H3,(H,22,23)/t13-,14-,16?,20?. The maximum atomic E-state index is 12.5. The van der Waals surface area contributed by atoms with Gasteiger partial charge in [-0.05, 0) is 44.4 Å². The average molecular weight is 383 g/mol. The first-order valence-corrected chi connectivity index (χ1v) is 10.2. The van der Waals surface area contributed by atoms with Crippen molar-refractivity contribution in [2.45, 2.75) is 84.0 Å². The molecule has 27 heavy (non-hydrogen) atoms. The normalized spacial score (nSPS) is 26.2. The number of rotatable bonds is 7. The average Bonchev–Trinajstić information content (AvgIpc) is 2.67. The molecule has 3 N–H and O–H groups in total. The number of carboxylic acid groups (broad SMARTS) is 1. The van der Waals surface area contributed by atoms with Crippen molar-refractivity contribution in [3.05, 3.63) is 0 Å². The molecule has 2 unspecified atom stereocenters. The second kappa shape index (κ2) is 10.1. The first-order chi connectivity index (χ1) is 12.8. The SMILES string of the molecule is CC(C)C(OC(=O)C1CCCCC1)OC(=O)C(N)[C@H]1CC[C@H](C(=O)O)CC1. The third kappa shape index (κ3) is 6.19. The first-order valence-electron chi connectivity index (χ1n) is 10.2. The van der Waals surface area contributed by atoms with Gasteiger partial charge in [-0.3, -0.25) is 14.4 Å². The summed E-state index contributed by atoms with van der Waals surface area (Å²) in [6.45, 7) is 3.66. The van der Waals surface area contributed by atoms with Gasteiger partial charge in [-0.1, -0.05) is 33.1 Å². The maximum absolute atomic E-state index is 12.5. The fourth-order valence-electron chi connectivity index (χ4n) is 3.96. The van der Waals surface area contributed by atoms with Crippen LogP contribution in [0.4, 0.5) is 0 Å². The molecule has 7 nitrogen and oxygen atoms in total. The molecule has 0 aromatic rings. The second-order valence-corrected chi connectivity index (χ2v) is 8.30. The van der Waals surface area contributed by atoms with E-state index in [1.165, 1.54) is 0 Å². The Balaban J connectivity index is 1.86. The van der Waals surface area contributed by atoms with Crippen LogP contribution in [0.1, 0.15) is 71.6 Å². The molecular formula is C20H33NO6. The zero-order valence-corrected chi connectivity index (χ0v) is 16.4. The number of carbonyl (C=O) groups is 3. The summed E-state index contributed by atoms with van der Waals surface area (Å²) < 4.78 is 10.9. The predicted octanol–water partition coefficient (Wildman–Crippen LogP) is 2.85. The quantitative estimate of drug-likeness (QED) is 0.513. The van der Waals surface area contributed by atoms with E-state index in [2.05, 4.69) is 0 Å². The van der Waals surface area contributed by atoms with Gasteiger partial charge in [0.1, 0.15) is 6.04 Å². The number of nitrogens with two attached hydrogens (primary N) is 1. The van der Waals surface area contributed by atoms with E-state index in [-0.39, 0.29) is 29.6 Å². The van der Waals surface area contributed by atoms with Gasteiger partial charge in [-0.2, -0.15) is 0 Å². The highest BCUT2D eigenvalue weighted by Gasteiger charge is 2.35. The Hall–Kier alpha value is -1.63. The van der Waals surface area contributed by atoms with Gasteiger partial charge in [0.15, 0.2) is 0 Å². The molecule has 2 fully saturated rings. The molecule has 2 aliphatic rings. The molecule has 0 aromatic carbocycles. The van der Waals surface area contributed by atoms with Gasteiger partial charge in [0.25, 0.3) is 0 Å². The van der Waals surface area contributed by atoms with Gasteiger partial charge in [0, 0.05) is 5.92 Å². The Morgan fingerprint density at radius 1 is 0.889 bits per heavy atom. The van der Waals surface area contributed by atoms with Gasteiger partial charge in [0.05, 0.1) is 11.8 Å². The summed E-state index contributed by atoms with van der Waals surface area (Å²) >= 11 is 0. The molecule has 0 radical (unpaired) electrons. The molecule has 2 aliphatic carbocycles. The van der Waals surface area contributed by atoms with E-state index in [1.54, 1.807) is 0 Å². The van der Waals surface area contributed by atoms with Gasteiger partial charge in [-0.25, -0.2) is 0 Å². The van der Waals surface area contributed by atoms with Crippen LogP contribution in [0.5, 0.6) is 0 Å². The van der Waals surface area contributed by atoms with Crippen LogP contribution in [0.25, 0.3) is 0 Å². The smallest absolute Gasteiger partial charge is 0.326 e. The fraction of sp³-hybridized carbons (Fsp3) is 0.850. The maximum Gasteiger partial charge on any atom is 0.326 e. The molecule has 2 atom stereocenters. The third-order valence-electron chi connectivity index (χ3n) is 5.85. The molecule has 0 spiro atoms. The lowest BCUT2D eigenvalue weighted by Gasteiger charge is -2.31. The predicted molar refractivity (Wildman–Crippen MR) is 98.4 cm³/mol. The van der Waals surface area contributed by atoms with Crippen molar-refractivity contribution in [1.29, 1.82) is 0 Å². The van der Waals surface area contributed by atoms with Crippen molar-refractivity contribution in [2.24, 2.45) is 29.4 Å². The van der Waals surface area contributed by atoms with E-state index in [0.717, 1.165) is 32.1 Å². The number of carbonyl (C=O) groups excluding carboxylic acids is 2. The molecule has 0 saturated heterocycles. The van der Waals surface area contributed by atoms with Crippen LogP contribution in [0.15, 0.2) is 0 Å². The van der Waals surface area contributed by atoms with E-state index in [4.69, 9.17) is 20.3 Å². The Kier molecular flexibility index (Phi) is 8.07. The number of hydrogen-bond acceptors (Lipinski definition) is 6. The number of aliphatic carboxylic acids is 1. The van der Waals surface area contributed by atoms with Crippen molar-refractivity contribution in [3.63, 3.8) is 0 Å². The summed E-state index contributed by atoms with van der Waals surface area (Å²) in [7, 11) is 0. The Morgan fingerprint density at radius 3 is 2.00 bits per heavy atom. The van der Waals surface area contributed by atoms with Gasteiger partial charge in [0.2, 0.25) is 6.29 Å². The number of esters is 2. The van der Waals surface area contributed by atoms with Crippen LogP contribution in [0.3, 0.4) is 0 Å². The van der Waals surface area contributed by atoms with Crippen LogP contribution < -0.4 is 5.73 Å². The fourth-order valence-corrected chi connectivity index (χ4v) is 3.96. The summed E-state index contributed by atoms with van der Waals surface area (Å²) in [6, 6.07) is -0.825. The Bertz CT molecular complexity index is 521. The second-order valence-electron chi connectivity index (χ2n) is 8.30. The van der Waals surface area contributed by atoms with Crippen LogP contribution in [-0.2, 0) is 23.9 Å². The molecule has 7 heteroatoms. The topological polar surface area (TPSA) is 116 Å². The van der Waals surface area contributed by atoms with Crippen molar-refractivity contribution in [2.75, 3.05) is 0 Å². The summed E-state index contributed by atoms with van der Waals surface area (Å²) in [5.41, 5.74) is 6.07. The molecule has 0 heterocycles. The van der Waals surface area contributed by atoms with E-state index >= 15 is 0 Å². The number of hydrogen-bond donors (Lipinski definition) is 2. The van der Waals surface area contributed by atoms with Gasteiger partial charge < -0.3 is 20.3 Å². The lowest BCUT2D eigenvalue weighted by molar-refractivity contribution is -0.201. The zero-order valence-electron chi connectivity index (χ0n) is 16.4. The first kappa shape index (κ1) is 21.7. The van der Waals surface area contributed by atoms with Crippen LogP contribution in [-0.4, -0.2) is 35.3 Å². The Morgan fingerprint density at radius 2 is 1.48 bits per heavy atom. The summed E-state index contributed by atoms with van der Waals surface area (Å²) in [5.74, 6) is -2.41. The van der Waals surface area contributed by atoms with Crippen LogP contribution in [0, 0.1) is 23.7 Å². The van der Waals surface area contributed by atoms with E-state index in [9.17, 15) is 14.4 Å². The lowest BCUT2D eigenvalue weighted by Crippen LogP contribution is -2.44. The van der Waals surface area contributed by atoms with Crippen molar-refractivity contribution < 1.29 is 29.0 Å². The molecule has 154 valence electrons. The molecule has 0 bridgehead atoms. The minimum Gasteiger partial charge on any atom is -0.481 e. The minimum absolute atomic E-state index is 0.102. The summed E-state index contributed by atoms with van der Waals surface area (Å²) in [4.78, 5) is 35.9. The molecular weight excluding hydrogens is 350 g/mol. The van der Waals surface area contributed by atoms with Crippen LogP contribution in [0.2, 0.25) is 0 Å². The van der Waals surface area contributed by atoms with Crippen LogP contribution >= 0.6 is 0 Å². The third-order valence-corrected chi connectivity index (χ3v) is 5.85. The molecule has 0 aromatic heterocycles. The lowest BCUT2D eigenvalue weighted by atomic mass is 9.79. The van der Waals surface area contributed by atoms with E-state index in [0.29, 0.717) is 25.7 Å². The largest absolute Gasteiger partial charge is 0.481 e. The number of carboxylic acids is 1. The van der Waals surface area contributed by atoms with Crippen molar-refractivity contribution in [1.82, 2.24) is 0 Å². The molecule has 2 rings (SSSR count). The highest BCUT2D eigenvalue weighted by Crippen LogP contribution is 2.31. The van der Waals surface area contributed by atoms with Gasteiger partial charge in [-0.15, -0.1) is 0 Å². The zero-order chi connectivity index (χ0) is 20.0. The van der Waals surface area contributed by atoms with Crippen molar-refractivity contribution >= 4 is 17.9 Å². The molecule has 0 amide bonds. The highest BCUT2D eigenvalue weighted by molar-refractivity contribution is 5.77.